The first-order valence-corrected chi connectivity index (χ1v) is 14.6. The molecule has 9 nitrogen and oxygen atoms in total. The standard InChI is InChI=1S/C33H32N2O5S.O2/c36-31(34-30-11-5-4-10-29(30)32(37)38)22-24-12-14-26(15-13-24)40-27-18-16-25(17-19-27)39-23-33(20-6-7-21-33)35-41-28-8-2-1-3-9-28;1-2/h1-5,8-19,35H,6-7,20-23H2,(H,34,36)(H,37,38);. The van der Waals surface area contributed by atoms with E-state index in [-0.39, 0.29) is 29.1 Å². The van der Waals surface area contributed by atoms with E-state index in [9.17, 15) is 14.7 Å². The molecule has 1 aliphatic carbocycles. The summed E-state index contributed by atoms with van der Waals surface area (Å²) in [5, 5.41) is 12.0. The molecule has 0 spiro atoms. The molecule has 0 aliphatic heterocycles. The third kappa shape index (κ3) is 9.16. The quantitative estimate of drug-likeness (QED) is 0.142. The van der Waals surface area contributed by atoms with Gasteiger partial charge >= 0.3 is 5.97 Å². The van der Waals surface area contributed by atoms with Crippen LogP contribution in [0.5, 0.6) is 17.2 Å². The summed E-state index contributed by atoms with van der Waals surface area (Å²) in [5.41, 5.74) is 1.07. The zero-order valence-electron chi connectivity index (χ0n) is 23.4. The summed E-state index contributed by atoms with van der Waals surface area (Å²) in [4.78, 5) is 39.0. The summed E-state index contributed by atoms with van der Waals surface area (Å²) >= 11 is 1.67. The fraction of sp³-hybridized carbons (Fsp3) is 0.212. The number of hydrogen-bond donors (Lipinski definition) is 3. The van der Waals surface area contributed by atoms with E-state index >= 15 is 0 Å². The molecule has 5 rings (SSSR count). The SMILES string of the molecule is O=C(Cc1ccc(Oc2ccc(OCC3(NSc4ccccc4)CCCC3)cc2)cc1)Nc1ccccc1C(=O)O.O=O. The molecule has 0 unspecified atom stereocenters. The maximum absolute atomic E-state index is 12.5. The van der Waals surface area contributed by atoms with E-state index in [1.807, 2.05) is 54.6 Å². The first-order valence-electron chi connectivity index (χ1n) is 13.8. The van der Waals surface area contributed by atoms with Gasteiger partial charge in [-0.2, -0.15) is 0 Å². The molecule has 1 aliphatic rings. The zero-order valence-corrected chi connectivity index (χ0v) is 24.2. The number of rotatable bonds is 12. The summed E-state index contributed by atoms with van der Waals surface area (Å²) < 4.78 is 15.9. The van der Waals surface area contributed by atoms with Gasteiger partial charge in [-0.1, -0.05) is 55.3 Å². The van der Waals surface area contributed by atoms with Crippen LogP contribution in [0.3, 0.4) is 0 Å². The summed E-state index contributed by atoms with van der Waals surface area (Å²) in [7, 11) is 0. The number of carboxylic acids is 1. The van der Waals surface area contributed by atoms with E-state index in [4.69, 9.17) is 19.4 Å². The maximum atomic E-state index is 12.5. The third-order valence-corrected chi connectivity index (χ3v) is 8.03. The minimum absolute atomic E-state index is 0.0476. The molecule has 1 saturated carbocycles. The second kappa shape index (κ2) is 15.5. The molecule has 4 aromatic rings. The van der Waals surface area contributed by atoms with Crippen LogP contribution in [0.4, 0.5) is 5.69 Å². The molecule has 0 aromatic heterocycles. The Morgan fingerprint density at radius 3 is 2.00 bits per heavy atom. The number of aromatic carboxylic acids is 1. The van der Waals surface area contributed by atoms with Gasteiger partial charge in [0.05, 0.1) is 23.2 Å². The van der Waals surface area contributed by atoms with E-state index in [2.05, 4.69) is 22.2 Å². The number of hydrogen-bond acceptors (Lipinski definition) is 8. The number of carbonyl (C=O) groups excluding carboxylic acids is 1. The largest absolute Gasteiger partial charge is 0.492 e. The molecule has 1 fully saturated rings. The lowest BCUT2D eigenvalue weighted by Crippen LogP contribution is -2.44. The normalized spacial score (nSPS) is 13.3. The highest BCUT2D eigenvalue weighted by Gasteiger charge is 2.34. The topological polar surface area (TPSA) is 131 Å². The van der Waals surface area contributed by atoms with E-state index in [1.165, 1.54) is 23.8 Å². The third-order valence-electron chi connectivity index (χ3n) is 6.98. The van der Waals surface area contributed by atoms with Gasteiger partial charge in [0.2, 0.25) is 5.91 Å². The molecule has 222 valence electrons. The second-order valence-electron chi connectivity index (χ2n) is 10.1. The summed E-state index contributed by atoms with van der Waals surface area (Å²) in [6.45, 7) is 0.601. The van der Waals surface area contributed by atoms with Gasteiger partial charge in [-0.25, -0.2) is 4.79 Å². The van der Waals surface area contributed by atoms with Gasteiger partial charge in [0.1, 0.15) is 23.9 Å². The van der Waals surface area contributed by atoms with Crippen LogP contribution < -0.4 is 19.5 Å². The van der Waals surface area contributed by atoms with Crippen LogP contribution in [0.2, 0.25) is 0 Å². The highest BCUT2D eigenvalue weighted by Crippen LogP contribution is 2.34. The van der Waals surface area contributed by atoms with E-state index in [0.29, 0.717) is 18.1 Å². The van der Waals surface area contributed by atoms with Gasteiger partial charge in [0, 0.05) is 14.8 Å². The lowest BCUT2D eigenvalue weighted by molar-refractivity contribution is -0.115. The van der Waals surface area contributed by atoms with Crippen molar-refractivity contribution in [3.05, 3.63) is 124 Å². The van der Waals surface area contributed by atoms with Crippen LogP contribution in [-0.4, -0.2) is 29.1 Å². The minimum atomic E-state index is -1.09. The molecule has 4 aromatic carbocycles. The molecular formula is C33H32N2O7S. The summed E-state index contributed by atoms with van der Waals surface area (Å²) in [6.07, 6.45) is 4.67. The molecule has 0 saturated heterocycles. The average molecular weight is 601 g/mol. The Bertz CT molecular complexity index is 1480. The van der Waals surface area contributed by atoms with Crippen molar-refractivity contribution in [1.29, 1.82) is 0 Å². The predicted molar refractivity (Wildman–Crippen MR) is 168 cm³/mol. The Balaban J connectivity index is 0.00000207. The van der Waals surface area contributed by atoms with Crippen molar-refractivity contribution in [2.75, 3.05) is 11.9 Å². The van der Waals surface area contributed by atoms with Crippen LogP contribution >= 0.6 is 11.9 Å². The van der Waals surface area contributed by atoms with Crippen LogP contribution in [0.1, 0.15) is 41.6 Å². The van der Waals surface area contributed by atoms with Gasteiger partial charge < -0.3 is 19.9 Å². The van der Waals surface area contributed by atoms with Crippen molar-refractivity contribution >= 4 is 29.5 Å². The van der Waals surface area contributed by atoms with Gasteiger partial charge in [-0.3, -0.25) is 9.52 Å². The Hall–Kier alpha value is -4.67. The van der Waals surface area contributed by atoms with Crippen LogP contribution in [-0.2, 0) is 11.2 Å². The molecule has 10 heteroatoms. The maximum Gasteiger partial charge on any atom is 0.337 e. The van der Waals surface area contributed by atoms with Crippen LogP contribution in [0.25, 0.3) is 0 Å². The lowest BCUT2D eigenvalue weighted by atomic mass is 10.0. The Morgan fingerprint density at radius 2 is 1.35 bits per heavy atom. The Labute approximate surface area is 254 Å². The Kier molecular flexibility index (Phi) is 11.3. The monoisotopic (exact) mass is 600 g/mol. The predicted octanol–water partition coefficient (Wildman–Crippen LogP) is 7.41. The van der Waals surface area contributed by atoms with Gasteiger partial charge in [-0.15, -0.1) is 0 Å². The number of ether oxygens (including phenoxy) is 2. The van der Waals surface area contributed by atoms with Gasteiger partial charge in [0.15, 0.2) is 0 Å². The smallest absolute Gasteiger partial charge is 0.337 e. The number of nitrogens with one attached hydrogen (secondary N) is 2. The minimum Gasteiger partial charge on any atom is -0.492 e. The fourth-order valence-corrected chi connectivity index (χ4v) is 5.67. The van der Waals surface area contributed by atoms with Crippen LogP contribution in [0, 0.1) is 9.93 Å². The molecule has 3 N–H and O–H groups in total. The van der Waals surface area contributed by atoms with Crippen molar-refractivity contribution in [3.8, 4) is 17.2 Å². The molecule has 43 heavy (non-hydrogen) atoms. The number of anilines is 1. The fourth-order valence-electron chi connectivity index (χ4n) is 4.78. The molecule has 0 atom stereocenters. The van der Waals surface area contributed by atoms with Crippen LogP contribution in [0.15, 0.2) is 108 Å². The molecule has 0 bridgehead atoms. The van der Waals surface area contributed by atoms with Crippen molar-refractivity contribution in [3.63, 3.8) is 0 Å². The molecule has 0 radical (unpaired) electrons. The lowest BCUT2D eigenvalue weighted by Gasteiger charge is -2.29. The summed E-state index contributed by atoms with van der Waals surface area (Å²) in [6, 6.07) is 31.5. The zero-order chi connectivity index (χ0) is 30.5. The molecular weight excluding hydrogens is 568 g/mol. The van der Waals surface area contributed by atoms with E-state index in [0.717, 1.165) is 24.2 Å². The second-order valence-corrected chi connectivity index (χ2v) is 11.0. The highest BCUT2D eigenvalue weighted by atomic mass is 32.2. The first-order chi connectivity index (χ1) is 21.0. The molecule has 1 amide bonds. The Morgan fingerprint density at radius 1 is 0.767 bits per heavy atom. The van der Waals surface area contributed by atoms with Crippen molar-refractivity contribution in [1.82, 2.24) is 4.72 Å². The average Bonchev–Trinajstić information content (AvgIpc) is 3.51. The number of para-hydroxylation sites is 1. The van der Waals surface area contributed by atoms with Gasteiger partial charge in [0.25, 0.3) is 0 Å². The van der Waals surface area contributed by atoms with E-state index < -0.39 is 5.97 Å². The number of benzene rings is 4. The van der Waals surface area contributed by atoms with E-state index in [1.54, 1.807) is 42.3 Å². The van der Waals surface area contributed by atoms with Crippen molar-refractivity contribution in [2.24, 2.45) is 0 Å². The summed E-state index contributed by atoms with van der Waals surface area (Å²) in [5.74, 6) is 0.736. The first kappa shape index (κ1) is 31.3. The molecule has 0 heterocycles. The van der Waals surface area contributed by atoms with Crippen molar-refractivity contribution < 1.29 is 24.2 Å². The highest BCUT2D eigenvalue weighted by molar-refractivity contribution is 7.97. The van der Waals surface area contributed by atoms with Crippen molar-refractivity contribution in [2.45, 2.75) is 42.5 Å². The van der Waals surface area contributed by atoms with Gasteiger partial charge in [-0.05, 0) is 91.0 Å². The number of carboxylic acid groups (broad SMARTS) is 1. The number of carbonyl (C=O) groups is 2. The number of amides is 1.